The summed E-state index contributed by atoms with van der Waals surface area (Å²) in [5.74, 6) is -0.324. The number of nitrogens with one attached hydrogen (secondary N) is 1. The molecular formula is C30H35N3O2S. The van der Waals surface area contributed by atoms with Gasteiger partial charge < -0.3 is 15.1 Å². The highest BCUT2D eigenvalue weighted by Gasteiger charge is 2.47. The van der Waals surface area contributed by atoms with E-state index in [1.54, 1.807) is 11.3 Å². The van der Waals surface area contributed by atoms with Crippen molar-refractivity contribution in [2.45, 2.75) is 57.0 Å². The summed E-state index contributed by atoms with van der Waals surface area (Å²) in [6.45, 7) is 4.57. The molecule has 0 spiro atoms. The van der Waals surface area contributed by atoms with Crippen molar-refractivity contribution in [3.05, 3.63) is 88.1 Å². The van der Waals surface area contributed by atoms with Crippen molar-refractivity contribution in [1.82, 2.24) is 10.2 Å². The summed E-state index contributed by atoms with van der Waals surface area (Å²) >= 11 is 1.64. The molecule has 188 valence electrons. The molecular weight excluding hydrogens is 466 g/mol. The lowest BCUT2D eigenvalue weighted by atomic mass is 9.80. The number of rotatable bonds is 9. The molecule has 0 unspecified atom stereocenters. The molecule has 3 aromatic rings. The van der Waals surface area contributed by atoms with E-state index in [2.05, 4.69) is 52.4 Å². The Morgan fingerprint density at radius 2 is 1.78 bits per heavy atom. The lowest BCUT2D eigenvalue weighted by Crippen LogP contribution is -2.50. The van der Waals surface area contributed by atoms with Crippen LogP contribution in [0.2, 0.25) is 0 Å². The summed E-state index contributed by atoms with van der Waals surface area (Å²) in [6.07, 6.45) is 5.16. The quantitative estimate of drug-likeness (QED) is 0.366. The molecule has 1 saturated carbocycles. The number of hydrogen-bond donors (Lipinski definition) is 1. The number of benzene rings is 2. The smallest absolute Gasteiger partial charge is 0.254 e. The molecule has 1 aliphatic heterocycles. The zero-order valence-corrected chi connectivity index (χ0v) is 21.8. The molecule has 2 heterocycles. The second-order valence-electron chi connectivity index (χ2n) is 9.74. The van der Waals surface area contributed by atoms with Crippen LogP contribution in [0, 0.1) is 0 Å². The van der Waals surface area contributed by atoms with Crippen LogP contribution in [0.5, 0.6) is 0 Å². The molecule has 1 aromatic heterocycles. The summed E-state index contributed by atoms with van der Waals surface area (Å²) < 4.78 is 0. The molecule has 5 rings (SSSR count). The Morgan fingerprint density at radius 3 is 2.50 bits per heavy atom. The van der Waals surface area contributed by atoms with Gasteiger partial charge in [0.2, 0.25) is 5.91 Å². The van der Waals surface area contributed by atoms with Crippen LogP contribution in [0.1, 0.15) is 71.8 Å². The van der Waals surface area contributed by atoms with Crippen molar-refractivity contribution >= 4 is 28.8 Å². The van der Waals surface area contributed by atoms with E-state index < -0.39 is 5.92 Å². The van der Waals surface area contributed by atoms with Crippen LogP contribution >= 0.6 is 11.3 Å². The van der Waals surface area contributed by atoms with Crippen molar-refractivity contribution in [1.29, 1.82) is 0 Å². The van der Waals surface area contributed by atoms with E-state index in [0.717, 1.165) is 55.6 Å². The average molecular weight is 502 g/mol. The van der Waals surface area contributed by atoms with Crippen LogP contribution in [-0.2, 0) is 4.79 Å². The van der Waals surface area contributed by atoms with Gasteiger partial charge in [-0.15, -0.1) is 11.3 Å². The van der Waals surface area contributed by atoms with Gasteiger partial charge in [0.15, 0.2) is 0 Å². The normalized spacial score (nSPS) is 19.8. The van der Waals surface area contributed by atoms with Gasteiger partial charge in [-0.05, 0) is 61.4 Å². The van der Waals surface area contributed by atoms with Crippen LogP contribution in [-0.4, -0.2) is 42.4 Å². The molecule has 2 atom stereocenters. The fourth-order valence-electron chi connectivity index (χ4n) is 5.88. The lowest BCUT2D eigenvalue weighted by molar-refractivity contribution is -0.124. The minimum atomic E-state index is -0.408. The third-order valence-electron chi connectivity index (χ3n) is 7.62. The number of amides is 2. The maximum absolute atomic E-state index is 13.9. The number of hydrogen-bond acceptors (Lipinski definition) is 4. The number of carbonyl (C=O) groups is 2. The maximum atomic E-state index is 13.9. The van der Waals surface area contributed by atoms with Gasteiger partial charge in [-0.25, -0.2) is 0 Å². The third-order valence-corrected chi connectivity index (χ3v) is 8.56. The van der Waals surface area contributed by atoms with Crippen molar-refractivity contribution in [2.75, 3.05) is 24.5 Å². The molecule has 1 fully saturated rings. The van der Waals surface area contributed by atoms with Gasteiger partial charge in [0.1, 0.15) is 0 Å². The summed E-state index contributed by atoms with van der Waals surface area (Å²) in [7, 11) is 0. The van der Waals surface area contributed by atoms with Crippen LogP contribution in [0.4, 0.5) is 5.69 Å². The number of thiophene rings is 1. The van der Waals surface area contributed by atoms with Gasteiger partial charge in [-0.2, -0.15) is 0 Å². The molecule has 2 aliphatic rings. The SMILES string of the molecule is CCN(CCCNC(=O)[C@@H]1c2ccccc2C(=O)N(C2CCCC2)[C@H]1c1cccs1)c1ccccc1. The van der Waals surface area contributed by atoms with Crippen molar-refractivity contribution in [3.8, 4) is 0 Å². The van der Waals surface area contributed by atoms with E-state index in [9.17, 15) is 9.59 Å². The minimum absolute atomic E-state index is 0.0131. The molecule has 1 aliphatic carbocycles. The molecule has 1 N–H and O–H groups in total. The highest BCUT2D eigenvalue weighted by molar-refractivity contribution is 7.10. The molecule has 36 heavy (non-hydrogen) atoms. The molecule has 2 aromatic carbocycles. The first-order valence-electron chi connectivity index (χ1n) is 13.2. The standard InChI is InChI=1S/C30H35N3O2S/c1-2-32(22-12-4-3-5-13-22)20-11-19-31-29(34)27-24-16-8-9-17-25(24)30(35)33(23-14-6-7-15-23)28(27)26-18-10-21-36-26/h3-5,8-10,12-13,16-18,21,23,27-28H,2,6-7,11,14-15,19-20H2,1H3,(H,31,34)/t27-,28+/m1/s1. The van der Waals surface area contributed by atoms with E-state index >= 15 is 0 Å². The first-order chi connectivity index (χ1) is 17.7. The van der Waals surface area contributed by atoms with Gasteiger partial charge in [0, 0.05) is 41.8 Å². The van der Waals surface area contributed by atoms with E-state index in [0.29, 0.717) is 12.1 Å². The van der Waals surface area contributed by atoms with Gasteiger partial charge in [0.05, 0.1) is 12.0 Å². The van der Waals surface area contributed by atoms with Crippen LogP contribution < -0.4 is 10.2 Å². The molecule has 6 heteroatoms. The highest BCUT2D eigenvalue weighted by atomic mass is 32.1. The van der Waals surface area contributed by atoms with E-state index in [1.165, 1.54) is 5.69 Å². The largest absolute Gasteiger partial charge is 0.372 e. The fraction of sp³-hybridized carbons (Fsp3) is 0.400. The fourth-order valence-corrected chi connectivity index (χ4v) is 6.74. The van der Waals surface area contributed by atoms with E-state index in [1.807, 2.05) is 41.8 Å². The van der Waals surface area contributed by atoms with Gasteiger partial charge in [0.25, 0.3) is 5.91 Å². The second kappa shape index (κ2) is 11.3. The number of nitrogens with zero attached hydrogens (tertiary/aromatic N) is 2. The highest BCUT2D eigenvalue weighted by Crippen LogP contribution is 2.47. The molecule has 0 radical (unpaired) electrons. The first kappa shape index (κ1) is 24.6. The minimum Gasteiger partial charge on any atom is -0.372 e. The topological polar surface area (TPSA) is 52.7 Å². The summed E-state index contributed by atoms with van der Waals surface area (Å²) in [4.78, 5) is 33.1. The Kier molecular flexibility index (Phi) is 7.71. The van der Waals surface area contributed by atoms with Crippen LogP contribution in [0.3, 0.4) is 0 Å². The molecule has 5 nitrogen and oxygen atoms in total. The van der Waals surface area contributed by atoms with Crippen molar-refractivity contribution in [2.24, 2.45) is 0 Å². The average Bonchev–Trinajstić information content (AvgIpc) is 3.64. The number of fused-ring (bicyclic) bond motifs is 1. The Bertz CT molecular complexity index is 1160. The zero-order valence-electron chi connectivity index (χ0n) is 20.9. The van der Waals surface area contributed by atoms with Crippen LogP contribution in [0.15, 0.2) is 72.1 Å². The third kappa shape index (κ3) is 4.92. The summed E-state index contributed by atoms with van der Waals surface area (Å²) in [6, 6.07) is 22.2. The molecule has 2 amide bonds. The Morgan fingerprint density at radius 1 is 1.03 bits per heavy atom. The summed E-state index contributed by atoms with van der Waals surface area (Å²) in [5, 5.41) is 5.29. The Balaban J connectivity index is 1.37. The van der Waals surface area contributed by atoms with E-state index in [4.69, 9.17) is 0 Å². The number of anilines is 1. The Labute approximate surface area is 218 Å². The molecule has 0 saturated heterocycles. The van der Waals surface area contributed by atoms with E-state index in [-0.39, 0.29) is 23.9 Å². The summed E-state index contributed by atoms with van der Waals surface area (Å²) in [5.41, 5.74) is 2.74. The predicted octanol–water partition coefficient (Wildman–Crippen LogP) is 6.00. The van der Waals surface area contributed by atoms with Gasteiger partial charge in [-0.1, -0.05) is 55.3 Å². The van der Waals surface area contributed by atoms with Gasteiger partial charge >= 0.3 is 0 Å². The zero-order chi connectivity index (χ0) is 24.9. The van der Waals surface area contributed by atoms with Gasteiger partial charge in [-0.3, -0.25) is 9.59 Å². The number of para-hydroxylation sites is 1. The molecule has 0 bridgehead atoms. The lowest BCUT2D eigenvalue weighted by Gasteiger charge is -2.44. The first-order valence-corrected chi connectivity index (χ1v) is 14.1. The van der Waals surface area contributed by atoms with Crippen molar-refractivity contribution < 1.29 is 9.59 Å². The number of carbonyl (C=O) groups excluding carboxylic acids is 2. The van der Waals surface area contributed by atoms with Crippen molar-refractivity contribution in [3.63, 3.8) is 0 Å². The Hall–Kier alpha value is -3.12. The second-order valence-corrected chi connectivity index (χ2v) is 10.7. The van der Waals surface area contributed by atoms with Crippen LogP contribution in [0.25, 0.3) is 0 Å². The maximum Gasteiger partial charge on any atom is 0.254 e. The predicted molar refractivity (Wildman–Crippen MR) is 147 cm³/mol. The monoisotopic (exact) mass is 501 g/mol.